The number of hydrogen-bond acceptors (Lipinski definition) is 5. The van der Waals surface area contributed by atoms with Crippen LogP contribution in [0, 0.1) is 0 Å². The summed E-state index contributed by atoms with van der Waals surface area (Å²) in [5.74, 6) is 0.504. The molecule has 1 aromatic rings. The van der Waals surface area contributed by atoms with Crippen molar-refractivity contribution in [1.29, 1.82) is 0 Å². The van der Waals surface area contributed by atoms with Gasteiger partial charge in [0, 0.05) is 25.7 Å². The van der Waals surface area contributed by atoms with Crippen LogP contribution in [0.1, 0.15) is 27.7 Å². The third-order valence-corrected chi connectivity index (χ3v) is 2.63. The molecule has 0 fully saturated rings. The van der Waals surface area contributed by atoms with E-state index in [1.807, 2.05) is 20.8 Å². The highest BCUT2D eigenvalue weighted by molar-refractivity contribution is 5.89. The van der Waals surface area contributed by atoms with Crippen LogP contribution < -0.4 is 20.7 Å². The molecule has 3 N–H and O–H groups in total. The molecule has 1 aromatic carbocycles. The van der Waals surface area contributed by atoms with Gasteiger partial charge in [-0.25, -0.2) is 4.79 Å². The fourth-order valence-electron chi connectivity index (χ4n) is 1.80. The van der Waals surface area contributed by atoms with Gasteiger partial charge in [-0.15, -0.1) is 0 Å². The van der Waals surface area contributed by atoms with Gasteiger partial charge in [0.1, 0.15) is 11.4 Å². The van der Waals surface area contributed by atoms with Crippen LogP contribution in [0.4, 0.5) is 16.2 Å². The first-order valence-electron chi connectivity index (χ1n) is 7.37. The molecule has 7 nitrogen and oxygen atoms in total. The second-order valence-electron chi connectivity index (χ2n) is 5.95. The van der Waals surface area contributed by atoms with Gasteiger partial charge < -0.3 is 25.4 Å². The average molecular weight is 323 g/mol. The van der Waals surface area contributed by atoms with Gasteiger partial charge in [0.05, 0.1) is 12.8 Å². The number of anilines is 2. The Kier molecular flexibility index (Phi) is 6.68. The Morgan fingerprint density at radius 3 is 2.43 bits per heavy atom. The number of carbonyl (C=O) groups is 2. The highest BCUT2D eigenvalue weighted by Gasteiger charge is 2.15. The molecule has 0 aliphatic rings. The van der Waals surface area contributed by atoms with E-state index in [4.69, 9.17) is 9.47 Å². The maximum Gasteiger partial charge on any atom is 0.407 e. The topological polar surface area (TPSA) is 88.7 Å². The van der Waals surface area contributed by atoms with E-state index < -0.39 is 11.7 Å². The summed E-state index contributed by atoms with van der Waals surface area (Å²) in [6.07, 6.45) is -0.460. The lowest BCUT2D eigenvalue weighted by atomic mass is 10.2. The Morgan fingerprint density at radius 2 is 1.87 bits per heavy atom. The van der Waals surface area contributed by atoms with Crippen LogP contribution in [0.2, 0.25) is 0 Å². The van der Waals surface area contributed by atoms with E-state index in [1.165, 1.54) is 6.92 Å². The van der Waals surface area contributed by atoms with E-state index in [2.05, 4.69) is 16.0 Å². The number of alkyl carbamates (subject to hydrolysis) is 1. The van der Waals surface area contributed by atoms with Crippen LogP contribution in [-0.2, 0) is 9.53 Å². The minimum Gasteiger partial charge on any atom is -0.495 e. The molecule has 0 bridgehead atoms. The van der Waals surface area contributed by atoms with Gasteiger partial charge in [-0.05, 0) is 39.0 Å². The molecule has 0 heterocycles. The zero-order valence-electron chi connectivity index (χ0n) is 14.3. The van der Waals surface area contributed by atoms with Crippen molar-refractivity contribution >= 4 is 23.4 Å². The fraction of sp³-hybridized carbons (Fsp3) is 0.500. The summed E-state index contributed by atoms with van der Waals surface area (Å²) >= 11 is 0. The second-order valence-corrected chi connectivity index (χ2v) is 5.95. The maximum absolute atomic E-state index is 11.5. The highest BCUT2D eigenvalue weighted by Crippen LogP contribution is 2.27. The summed E-state index contributed by atoms with van der Waals surface area (Å²) in [4.78, 5) is 22.6. The largest absolute Gasteiger partial charge is 0.495 e. The minimum absolute atomic E-state index is 0.146. The van der Waals surface area contributed by atoms with Crippen molar-refractivity contribution in [3.63, 3.8) is 0 Å². The molecule has 0 atom stereocenters. The maximum atomic E-state index is 11.5. The molecule has 2 amide bonds. The van der Waals surface area contributed by atoms with Crippen LogP contribution in [0.3, 0.4) is 0 Å². The molecule has 0 aromatic heterocycles. The number of amides is 2. The van der Waals surface area contributed by atoms with Crippen molar-refractivity contribution in [2.75, 3.05) is 30.8 Å². The van der Waals surface area contributed by atoms with E-state index in [-0.39, 0.29) is 5.91 Å². The van der Waals surface area contributed by atoms with E-state index in [0.717, 1.165) is 5.69 Å². The smallest absolute Gasteiger partial charge is 0.407 e. The van der Waals surface area contributed by atoms with Gasteiger partial charge in [0.2, 0.25) is 5.91 Å². The van der Waals surface area contributed by atoms with Gasteiger partial charge in [-0.3, -0.25) is 4.79 Å². The number of methoxy groups -OCH3 is 1. The number of hydrogen-bond donors (Lipinski definition) is 3. The summed E-state index contributed by atoms with van der Waals surface area (Å²) in [6.45, 7) is 7.75. The zero-order valence-corrected chi connectivity index (χ0v) is 14.3. The van der Waals surface area contributed by atoms with Crippen molar-refractivity contribution in [3.05, 3.63) is 18.2 Å². The Labute approximate surface area is 136 Å². The van der Waals surface area contributed by atoms with E-state index in [9.17, 15) is 9.59 Å². The standard InChI is InChI=1S/C16H25N3O4/c1-11(20)19-12-6-7-14(22-5)13(10-12)17-8-9-18-15(21)23-16(2,3)4/h6-7,10,17H,8-9H2,1-5H3,(H,18,21)(H,19,20). The van der Waals surface area contributed by atoms with Crippen LogP contribution in [0.5, 0.6) is 5.75 Å². The van der Waals surface area contributed by atoms with Crippen molar-refractivity contribution in [2.45, 2.75) is 33.3 Å². The van der Waals surface area contributed by atoms with Crippen molar-refractivity contribution in [1.82, 2.24) is 5.32 Å². The SMILES string of the molecule is COc1ccc(NC(C)=O)cc1NCCNC(=O)OC(C)(C)C. The summed E-state index contributed by atoms with van der Waals surface area (Å²) in [5, 5.41) is 8.52. The summed E-state index contributed by atoms with van der Waals surface area (Å²) < 4.78 is 10.4. The average Bonchev–Trinajstić information content (AvgIpc) is 2.41. The molecule has 0 aliphatic carbocycles. The lowest BCUT2D eigenvalue weighted by molar-refractivity contribution is -0.114. The normalized spacial score (nSPS) is 10.7. The van der Waals surface area contributed by atoms with E-state index in [1.54, 1.807) is 25.3 Å². The van der Waals surface area contributed by atoms with Crippen molar-refractivity contribution < 1.29 is 19.1 Å². The predicted octanol–water partition coefficient (Wildman–Crippen LogP) is 2.59. The summed E-state index contributed by atoms with van der Waals surface area (Å²) in [7, 11) is 1.57. The van der Waals surface area contributed by atoms with Crippen molar-refractivity contribution in [2.24, 2.45) is 0 Å². The molecule has 128 valence electrons. The van der Waals surface area contributed by atoms with Crippen LogP contribution in [0.15, 0.2) is 18.2 Å². The molecule has 0 radical (unpaired) electrons. The quantitative estimate of drug-likeness (QED) is 0.700. The summed E-state index contributed by atoms with van der Waals surface area (Å²) in [6, 6.07) is 5.28. The lowest BCUT2D eigenvalue weighted by Gasteiger charge is -2.20. The first-order valence-corrected chi connectivity index (χ1v) is 7.37. The monoisotopic (exact) mass is 323 g/mol. The molecule has 0 saturated heterocycles. The minimum atomic E-state index is -0.520. The van der Waals surface area contributed by atoms with Crippen LogP contribution in [0.25, 0.3) is 0 Å². The Hall–Kier alpha value is -2.44. The van der Waals surface area contributed by atoms with Crippen LogP contribution in [-0.4, -0.2) is 37.8 Å². The molecule has 23 heavy (non-hydrogen) atoms. The Bertz CT molecular complexity index is 553. The van der Waals surface area contributed by atoms with Gasteiger partial charge >= 0.3 is 6.09 Å². The molecule has 0 spiro atoms. The van der Waals surface area contributed by atoms with Crippen LogP contribution >= 0.6 is 0 Å². The lowest BCUT2D eigenvalue weighted by Crippen LogP contribution is -2.35. The number of rotatable bonds is 6. The fourth-order valence-corrected chi connectivity index (χ4v) is 1.80. The molecule has 0 unspecified atom stereocenters. The second kappa shape index (κ2) is 8.26. The predicted molar refractivity (Wildman–Crippen MR) is 90.0 cm³/mol. The van der Waals surface area contributed by atoms with Gasteiger partial charge in [-0.2, -0.15) is 0 Å². The van der Waals surface area contributed by atoms with Crippen molar-refractivity contribution in [3.8, 4) is 5.75 Å². The van der Waals surface area contributed by atoms with E-state index >= 15 is 0 Å². The number of benzene rings is 1. The van der Waals surface area contributed by atoms with E-state index in [0.29, 0.717) is 24.5 Å². The number of nitrogens with one attached hydrogen (secondary N) is 3. The summed E-state index contributed by atoms with van der Waals surface area (Å²) in [5.41, 5.74) is 0.874. The third-order valence-electron chi connectivity index (χ3n) is 2.63. The zero-order chi connectivity index (χ0) is 17.5. The van der Waals surface area contributed by atoms with Gasteiger partial charge in [-0.1, -0.05) is 0 Å². The molecular formula is C16H25N3O4. The third kappa shape index (κ3) is 7.39. The Morgan fingerprint density at radius 1 is 1.17 bits per heavy atom. The first kappa shape index (κ1) is 18.6. The highest BCUT2D eigenvalue weighted by atomic mass is 16.6. The number of ether oxygens (including phenoxy) is 2. The van der Waals surface area contributed by atoms with Gasteiger partial charge in [0.15, 0.2) is 0 Å². The molecule has 0 saturated carbocycles. The molecular weight excluding hydrogens is 298 g/mol. The molecule has 1 rings (SSSR count). The molecule has 7 heteroatoms. The number of carbonyl (C=O) groups excluding carboxylic acids is 2. The first-order chi connectivity index (χ1) is 10.7. The molecule has 0 aliphatic heterocycles. The van der Waals surface area contributed by atoms with Gasteiger partial charge in [0.25, 0.3) is 0 Å². The Balaban J connectivity index is 2.53.